The van der Waals surface area contributed by atoms with Crippen LogP contribution in [0, 0.1) is 11.8 Å². The number of fused-ring (bicyclic) bond motifs is 3. The highest BCUT2D eigenvalue weighted by Crippen LogP contribution is 2.44. The molecule has 2 aromatic rings. The molecule has 0 spiro atoms. The molecule has 35 heavy (non-hydrogen) atoms. The number of carbonyl (C=O) groups is 3. The maximum absolute atomic E-state index is 12.5. The highest BCUT2D eigenvalue weighted by Gasteiger charge is 2.30. The predicted molar refractivity (Wildman–Crippen MR) is 133 cm³/mol. The molecular formula is C28H34N2O5. The van der Waals surface area contributed by atoms with Crippen LogP contribution in [0.2, 0.25) is 0 Å². The fourth-order valence-electron chi connectivity index (χ4n) is 5.43. The zero-order valence-electron chi connectivity index (χ0n) is 20.2. The van der Waals surface area contributed by atoms with Crippen LogP contribution in [0.3, 0.4) is 0 Å². The van der Waals surface area contributed by atoms with Crippen LogP contribution in [0.1, 0.15) is 62.5 Å². The van der Waals surface area contributed by atoms with E-state index in [1.165, 1.54) is 22.3 Å². The molecule has 0 radical (unpaired) electrons. The van der Waals surface area contributed by atoms with Crippen molar-refractivity contribution < 1.29 is 24.2 Å². The third-order valence-corrected chi connectivity index (χ3v) is 7.30. The minimum atomic E-state index is -0.785. The minimum Gasteiger partial charge on any atom is -0.481 e. The zero-order valence-corrected chi connectivity index (χ0v) is 20.2. The maximum Gasteiger partial charge on any atom is 0.407 e. The third-order valence-electron chi connectivity index (χ3n) is 7.30. The number of hydrogen-bond donors (Lipinski definition) is 3. The van der Waals surface area contributed by atoms with Gasteiger partial charge in [0.15, 0.2) is 0 Å². The van der Waals surface area contributed by atoms with E-state index in [0.29, 0.717) is 19.4 Å². The smallest absolute Gasteiger partial charge is 0.407 e. The quantitative estimate of drug-likeness (QED) is 0.459. The first-order valence-electron chi connectivity index (χ1n) is 12.5. The van der Waals surface area contributed by atoms with Crippen molar-refractivity contribution in [2.75, 3.05) is 13.2 Å². The lowest BCUT2D eigenvalue weighted by Crippen LogP contribution is -2.37. The number of benzene rings is 2. The molecule has 0 heterocycles. The number of alkyl carbamates (subject to hydrolysis) is 1. The fourth-order valence-corrected chi connectivity index (χ4v) is 5.43. The summed E-state index contributed by atoms with van der Waals surface area (Å²) in [6.45, 7) is 2.62. The van der Waals surface area contributed by atoms with Gasteiger partial charge in [-0.2, -0.15) is 0 Å². The topological polar surface area (TPSA) is 105 Å². The van der Waals surface area contributed by atoms with Gasteiger partial charge < -0.3 is 20.5 Å². The van der Waals surface area contributed by atoms with E-state index < -0.39 is 12.1 Å². The molecular weight excluding hydrogens is 444 g/mol. The highest BCUT2D eigenvalue weighted by molar-refractivity contribution is 5.79. The van der Waals surface area contributed by atoms with Gasteiger partial charge >= 0.3 is 12.1 Å². The van der Waals surface area contributed by atoms with Crippen molar-refractivity contribution in [3.63, 3.8) is 0 Å². The van der Waals surface area contributed by atoms with Gasteiger partial charge in [0.1, 0.15) is 6.61 Å². The molecule has 7 nitrogen and oxygen atoms in total. The van der Waals surface area contributed by atoms with Gasteiger partial charge in [-0.05, 0) is 53.4 Å². The summed E-state index contributed by atoms with van der Waals surface area (Å²) in [4.78, 5) is 35.8. The number of carbonyl (C=O) groups excluding carboxylic acids is 2. The largest absolute Gasteiger partial charge is 0.481 e. The molecule has 0 aliphatic heterocycles. The highest BCUT2D eigenvalue weighted by atomic mass is 16.5. The van der Waals surface area contributed by atoms with E-state index >= 15 is 0 Å². The summed E-state index contributed by atoms with van der Waals surface area (Å²) in [7, 11) is 0. The van der Waals surface area contributed by atoms with Crippen LogP contribution in [0.15, 0.2) is 48.5 Å². The van der Waals surface area contributed by atoms with Crippen molar-refractivity contribution in [3.8, 4) is 11.1 Å². The van der Waals surface area contributed by atoms with Crippen molar-refractivity contribution in [2.45, 2.75) is 57.4 Å². The third kappa shape index (κ3) is 6.21. The Morgan fingerprint density at radius 3 is 2.31 bits per heavy atom. The van der Waals surface area contributed by atoms with Crippen molar-refractivity contribution in [1.29, 1.82) is 0 Å². The first kappa shape index (κ1) is 24.8. The lowest BCUT2D eigenvalue weighted by Gasteiger charge is -2.19. The van der Waals surface area contributed by atoms with Gasteiger partial charge in [0.25, 0.3) is 0 Å². The normalized spacial score (nSPS) is 19.5. The number of aliphatic carboxylic acids is 1. The average molecular weight is 479 g/mol. The molecule has 1 saturated carbocycles. The van der Waals surface area contributed by atoms with Gasteiger partial charge in [-0.25, -0.2) is 4.79 Å². The molecule has 186 valence electrons. The van der Waals surface area contributed by atoms with E-state index in [1.54, 1.807) is 0 Å². The molecule has 2 aromatic carbocycles. The Morgan fingerprint density at radius 2 is 1.69 bits per heavy atom. The Labute approximate surface area is 206 Å². The van der Waals surface area contributed by atoms with E-state index in [1.807, 2.05) is 31.2 Å². The molecule has 0 saturated heterocycles. The summed E-state index contributed by atoms with van der Waals surface area (Å²) < 4.78 is 5.59. The standard InChI is InChI=1S/C28H34N2O5/c1-2-18(14-26(31)30-20-12-11-19(13-20)15-27(32)33)16-29-28(34)35-17-25-23-9-5-3-7-21(23)22-8-4-6-10-24(22)25/h3-10,18-20,25H,2,11-17H2,1H3,(H,29,34)(H,30,31)(H,32,33)/t18?,19-,20+/m0/s1. The van der Waals surface area contributed by atoms with Gasteiger partial charge in [0.2, 0.25) is 5.91 Å². The van der Waals surface area contributed by atoms with Crippen molar-refractivity contribution >= 4 is 18.0 Å². The van der Waals surface area contributed by atoms with E-state index in [4.69, 9.17) is 9.84 Å². The molecule has 0 bridgehead atoms. The number of amides is 2. The summed E-state index contributed by atoms with van der Waals surface area (Å²) in [5, 5.41) is 14.8. The first-order chi connectivity index (χ1) is 16.9. The van der Waals surface area contributed by atoms with E-state index in [2.05, 4.69) is 34.9 Å². The summed E-state index contributed by atoms with van der Waals surface area (Å²) in [5.74, 6) is -0.682. The van der Waals surface area contributed by atoms with Gasteiger partial charge in [-0.3, -0.25) is 9.59 Å². The Kier molecular flexibility index (Phi) is 8.06. The molecule has 1 fully saturated rings. The van der Waals surface area contributed by atoms with Crippen molar-refractivity contribution in [1.82, 2.24) is 10.6 Å². The number of ether oxygens (including phenoxy) is 1. The molecule has 3 atom stereocenters. The lowest BCUT2D eigenvalue weighted by atomic mass is 9.98. The monoisotopic (exact) mass is 478 g/mol. The molecule has 2 aliphatic carbocycles. The second-order valence-corrected chi connectivity index (χ2v) is 9.73. The number of rotatable bonds is 10. The van der Waals surface area contributed by atoms with Crippen LogP contribution in [-0.4, -0.2) is 42.3 Å². The second-order valence-electron chi connectivity index (χ2n) is 9.73. The molecule has 4 rings (SSSR count). The van der Waals surface area contributed by atoms with Crippen LogP contribution in [0.25, 0.3) is 11.1 Å². The molecule has 7 heteroatoms. The van der Waals surface area contributed by atoms with E-state index in [9.17, 15) is 14.4 Å². The molecule has 3 N–H and O–H groups in total. The molecule has 2 amide bonds. The van der Waals surface area contributed by atoms with Crippen LogP contribution in [0.4, 0.5) is 4.79 Å². The molecule has 1 unspecified atom stereocenters. The lowest BCUT2D eigenvalue weighted by molar-refractivity contribution is -0.138. The number of nitrogens with one attached hydrogen (secondary N) is 2. The Bertz CT molecular complexity index is 1020. The van der Waals surface area contributed by atoms with Gasteiger partial charge in [-0.15, -0.1) is 0 Å². The van der Waals surface area contributed by atoms with Crippen LogP contribution < -0.4 is 10.6 Å². The maximum atomic E-state index is 12.5. The number of hydrogen-bond acceptors (Lipinski definition) is 4. The predicted octanol–water partition coefficient (Wildman–Crippen LogP) is 4.70. The SMILES string of the molecule is CCC(CNC(=O)OCC1c2ccccc2-c2ccccc21)CC(=O)N[C@@H]1CC[C@H](CC(=O)O)C1. The Morgan fingerprint density at radius 1 is 1.03 bits per heavy atom. The number of carboxylic acids is 1. The minimum absolute atomic E-state index is 0.00621. The van der Waals surface area contributed by atoms with E-state index in [-0.39, 0.29) is 42.7 Å². The van der Waals surface area contributed by atoms with Gasteiger partial charge in [-0.1, -0.05) is 61.9 Å². The first-order valence-corrected chi connectivity index (χ1v) is 12.5. The average Bonchev–Trinajstić information content (AvgIpc) is 3.41. The van der Waals surface area contributed by atoms with Crippen molar-refractivity contribution in [2.24, 2.45) is 11.8 Å². The Hall–Kier alpha value is -3.35. The summed E-state index contributed by atoms with van der Waals surface area (Å²) >= 11 is 0. The van der Waals surface area contributed by atoms with Crippen LogP contribution in [0.5, 0.6) is 0 Å². The summed E-state index contributed by atoms with van der Waals surface area (Å²) in [6, 6.07) is 16.5. The second kappa shape index (κ2) is 11.4. The Balaban J connectivity index is 1.22. The molecule has 2 aliphatic rings. The molecule has 0 aromatic heterocycles. The van der Waals surface area contributed by atoms with Crippen molar-refractivity contribution in [3.05, 3.63) is 59.7 Å². The summed E-state index contributed by atoms with van der Waals surface area (Å²) in [6.07, 6.45) is 3.12. The fraction of sp³-hybridized carbons (Fsp3) is 0.464. The van der Waals surface area contributed by atoms with Gasteiger partial charge in [0, 0.05) is 31.3 Å². The van der Waals surface area contributed by atoms with Crippen LogP contribution in [-0.2, 0) is 14.3 Å². The van der Waals surface area contributed by atoms with E-state index in [0.717, 1.165) is 19.3 Å². The summed E-state index contributed by atoms with van der Waals surface area (Å²) in [5.41, 5.74) is 4.71. The van der Waals surface area contributed by atoms with Gasteiger partial charge in [0.05, 0.1) is 0 Å². The van der Waals surface area contributed by atoms with Crippen LogP contribution >= 0.6 is 0 Å². The zero-order chi connectivity index (χ0) is 24.8. The number of carboxylic acid groups (broad SMARTS) is 1.